The van der Waals surface area contributed by atoms with Gasteiger partial charge in [0.05, 0.1) is 12.7 Å². The summed E-state index contributed by atoms with van der Waals surface area (Å²) in [6.07, 6.45) is 5.73. The van der Waals surface area contributed by atoms with Crippen molar-refractivity contribution in [3.8, 4) is 0 Å². The van der Waals surface area contributed by atoms with Crippen LogP contribution in [0.25, 0.3) is 0 Å². The van der Waals surface area contributed by atoms with E-state index in [1.807, 2.05) is 6.92 Å². The molecular weight excluding hydrogens is 150 g/mol. The van der Waals surface area contributed by atoms with Gasteiger partial charge in [0.15, 0.2) is 0 Å². The van der Waals surface area contributed by atoms with Crippen LogP contribution < -0.4 is 5.73 Å². The van der Waals surface area contributed by atoms with Gasteiger partial charge in [-0.25, -0.2) is 0 Å². The van der Waals surface area contributed by atoms with Gasteiger partial charge >= 0.3 is 0 Å². The molecule has 0 aromatic carbocycles. The van der Waals surface area contributed by atoms with Crippen molar-refractivity contribution in [1.29, 1.82) is 0 Å². The number of hydrogen-bond acceptors (Lipinski definition) is 2. The molecule has 3 atom stereocenters. The zero-order chi connectivity index (χ0) is 8.97. The van der Waals surface area contributed by atoms with Gasteiger partial charge in [0.2, 0.25) is 0 Å². The Morgan fingerprint density at radius 2 is 2.08 bits per heavy atom. The third kappa shape index (κ3) is 3.11. The zero-order valence-corrected chi connectivity index (χ0v) is 8.25. The second kappa shape index (κ2) is 4.83. The highest BCUT2D eigenvalue weighted by molar-refractivity contribution is 4.72. The molecule has 0 spiro atoms. The highest BCUT2D eigenvalue weighted by Gasteiger charge is 2.21. The number of ether oxygens (including phenoxy) is 1. The van der Waals surface area contributed by atoms with Gasteiger partial charge in [0.1, 0.15) is 0 Å². The summed E-state index contributed by atoms with van der Waals surface area (Å²) in [6, 6.07) is 0.180. The summed E-state index contributed by atoms with van der Waals surface area (Å²) in [4.78, 5) is 0. The SMILES string of the molecule is CC1CCCCC1OC[C@@H](C)N. The lowest BCUT2D eigenvalue weighted by Gasteiger charge is -2.29. The average molecular weight is 171 g/mol. The third-order valence-electron chi connectivity index (χ3n) is 2.61. The highest BCUT2D eigenvalue weighted by atomic mass is 16.5. The molecule has 2 nitrogen and oxygen atoms in total. The van der Waals surface area contributed by atoms with Gasteiger partial charge in [-0.3, -0.25) is 0 Å². The second-order valence-corrected chi connectivity index (χ2v) is 4.11. The predicted octanol–water partition coefficient (Wildman–Crippen LogP) is 1.93. The molecule has 1 aliphatic carbocycles. The van der Waals surface area contributed by atoms with E-state index in [0.717, 1.165) is 12.5 Å². The minimum absolute atomic E-state index is 0.180. The average Bonchev–Trinajstić information content (AvgIpc) is 2.03. The molecule has 0 saturated heterocycles. The fourth-order valence-corrected chi connectivity index (χ4v) is 1.81. The van der Waals surface area contributed by atoms with Crippen LogP contribution in [0.1, 0.15) is 39.5 Å². The zero-order valence-electron chi connectivity index (χ0n) is 8.25. The lowest BCUT2D eigenvalue weighted by Crippen LogP contribution is -2.31. The largest absolute Gasteiger partial charge is 0.376 e. The van der Waals surface area contributed by atoms with Crippen molar-refractivity contribution >= 4 is 0 Å². The predicted molar refractivity (Wildman–Crippen MR) is 51.0 cm³/mol. The lowest BCUT2D eigenvalue weighted by molar-refractivity contribution is -0.00931. The van der Waals surface area contributed by atoms with Gasteiger partial charge in [-0.1, -0.05) is 19.8 Å². The van der Waals surface area contributed by atoms with E-state index in [4.69, 9.17) is 10.5 Å². The quantitative estimate of drug-likeness (QED) is 0.704. The molecule has 0 heterocycles. The summed E-state index contributed by atoms with van der Waals surface area (Å²) in [7, 11) is 0. The Bertz CT molecular complexity index is 125. The third-order valence-corrected chi connectivity index (χ3v) is 2.61. The van der Waals surface area contributed by atoms with Crippen molar-refractivity contribution in [2.24, 2.45) is 11.7 Å². The molecular formula is C10H21NO. The molecule has 2 N–H and O–H groups in total. The van der Waals surface area contributed by atoms with Gasteiger partial charge in [-0.2, -0.15) is 0 Å². The monoisotopic (exact) mass is 171 g/mol. The molecule has 2 heteroatoms. The summed E-state index contributed by atoms with van der Waals surface area (Å²) in [5.41, 5.74) is 5.63. The molecule has 0 radical (unpaired) electrons. The van der Waals surface area contributed by atoms with Crippen LogP contribution in [0.4, 0.5) is 0 Å². The minimum atomic E-state index is 0.180. The van der Waals surface area contributed by atoms with Crippen molar-refractivity contribution in [1.82, 2.24) is 0 Å². The molecule has 12 heavy (non-hydrogen) atoms. The van der Waals surface area contributed by atoms with Gasteiger partial charge in [0.25, 0.3) is 0 Å². The van der Waals surface area contributed by atoms with E-state index in [0.29, 0.717) is 6.10 Å². The van der Waals surface area contributed by atoms with Crippen LogP contribution in [0.3, 0.4) is 0 Å². The van der Waals surface area contributed by atoms with Crippen LogP contribution in [0, 0.1) is 5.92 Å². The van der Waals surface area contributed by atoms with Gasteiger partial charge in [-0.15, -0.1) is 0 Å². The molecule has 0 aliphatic heterocycles. The van der Waals surface area contributed by atoms with Crippen LogP contribution >= 0.6 is 0 Å². The molecule has 72 valence electrons. The fraction of sp³-hybridized carbons (Fsp3) is 1.00. The maximum atomic E-state index is 5.73. The van der Waals surface area contributed by atoms with Gasteiger partial charge in [-0.05, 0) is 25.7 Å². The van der Waals surface area contributed by atoms with Crippen LogP contribution in [0.5, 0.6) is 0 Å². The van der Waals surface area contributed by atoms with Crippen LogP contribution in [0.15, 0.2) is 0 Å². The summed E-state index contributed by atoms with van der Waals surface area (Å²) in [5, 5.41) is 0. The molecule has 2 unspecified atom stereocenters. The van der Waals surface area contributed by atoms with Crippen LogP contribution in [-0.4, -0.2) is 18.8 Å². The smallest absolute Gasteiger partial charge is 0.0618 e. The molecule has 0 amide bonds. The Morgan fingerprint density at radius 1 is 1.42 bits per heavy atom. The first kappa shape index (κ1) is 10.0. The van der Waals surface area contributed by atoms with E-state index >= 15 is 0 Å². The van der Waals surface area contributed by atoms with Crippen molar-refractivity contribution in [3.63, 3.8) is 0 Å². The fourth-order valence-electron chi connectivity index (χ4n) is 1.81. The Hall–Kier alpha value is -0.0800. The van der Waals surface area contributed by atoms with E-state index in [1.54, 1.807) is 0 Å². The maximum absolute atomic E-state index is 5.73. The Morgan fingerprint density at radius 3 is 2.67 bits per heavy atom. The second-order valence-electron chi connectivity index (χ2n) is 4.11. The van der Waals surface area contributed by atoms with Crippen molar-refractivity contribution in [2.75, 3.05) is 6.61 Å². The lowest BCUT2D eigenvalue weighted by atomic mass is 9.88. The summed E-state index contributed by atoms with van der Waals surface area (Å²) in [5.74, 6) is 0.734. The van der Waals surface area contributed by atoms with Crippen molar-refractivity contribution in [3.05, 3.63) is 0 Å². The number of hydrogen-bond donors (Lipinski definition) is 1. The molecule has 1 saturated carbocycles. The molecule has 0 aromatic rings. The Labute approximate surface area is 75.5 Å². The van der Waals surface area contributed by atoms with E-state index in [9.17, 15) is 0 Å². The molecule has 0 bridgehead atoms. The molecule has 1 aliphatic rings. The van der Waals surface area contributed by atoms with Crippen LogP contribution in [-0.2, 0) is 4.74 Å². The van der Waals surface area contributed by atoms with E-state index in [-0.39, 0.29) is 6.04 Å². The van der Waals surface area contributed by atoms with E-state index in [2.05, 4.69) is 6.92 Å². The molecule has 1 rings (SSSR count). The van der Waals surface area contributed by atoms with Crippen LogP contribution in [0.2, 0.25) is 0 Å². The van der Waals surface area contributed by atoms with Gasteiger partial charge < -0.3 is 10.5 Å². The normalized spacial score (nSPS) is 33.2. The Balaban J connectivity index is 2.20. The molecule has 0 aromatic heterocycles. The highest BCUT2D eigenvalue weighted by Crippen LogP contribution is 2.26. The number of nitrogens with two attached hydrogens (primary N) is 1. The summed E-state index contributed by atoms with van der Waals surface area (Å²) >= 11 is 0. The molecule has 1 fully saturated rings. The summed E-state index contributed by atoms with van der Waals surface area (Å²) in [6.45, 7) is 4.99. The van der Waals surface area contributed by atoms with Crippen molar-refractivity contribution in [2.45, 2.75) is 51.7 Å². The first-order chi connectivity index (χ1) is 5.70. The maximum Gasteiger partial charge on any atom is 0.0618 e. The minimum Gasteiger partial charge on any atom is -0.376 e. The first-order valence-electron chi connectivity index (χ1n) is 5.07. The van der Waals surface area contributed by atoms with Crippen molar-refractivity contribution < 1.29 is 4.74 Å². The number of rotatable bonds is 3. The topological polar surface area (TPSA) is 35.2 Å². The first-order valence-corrected chi connectivity index (χ1v) is 5.07. The van der Waals surface area contributed by atoms with E-state index in [1.165, 1.54) is 25.7 Å². The standard InChI is InChI=1S/C10H21NO/c1-8-5-3-4-6-10(8)12-7-9(2)11/h8-10H,3-7,11H2,1-2H3/t8?,9-,10?/m1/s1. The van der Waals surface area contributed by atoms with E-state index < -0.39 is 0 Å². The Kier molecular flexibility index (Phi) is 4.02. The van der Waals surface area contributed by atoms with Gasteiger partial charge in [0, 0.05) is 6.04 Å². The summed E-state index contributed by atoms with van der Waals surface area (Å²) < 4.78 is 5.73.